The van der Waals surface area contributed by atoms with Gasteiger partial charge in [0.1, 0.15) is 28.2 Å². The van der Waals surface area contributed by atoms with Gasteiger partial charge in [0.05, 0.1) is 5.39 Å². The van der Waals surface area contributed by atoms with Crippen LogP contribution in [0.5, 0.6) is 0 Å². The summed E-state index contributed by atoms with van der Waals surface area (Å²) < 4.78 is 8.89. The summed E-state index contributed by atoms with van der Waals surface area (Å²) in [6, 6.07) is 70.7. The van der Waals surface area contributed by atoms with Crippen LogP contribution >= 0.6 is 0 Å². The summed E-state index contributed by atoms with van der Waals surface area (Å²) in [5.41, 5.74) is 19.7. The van der Waals surface area contributed by atoms with Crippen LogP contribution in [0.15, 0.2) is 225 Å². The number of nitrogens with zero attached hydrogens (tertiary/aromatic N) is 4. The van der Waals surface area contributed by atoms with Gasteiger partial charge in [0, 0.05) is 68.9 Å². The van der Waals surface area contributed by atoms with Crippen LogP contribution in [0.4, 0.5) is 0 Å². The van der Waals surface area contributed by atoms with Crippen molar-refractivity contribution in [2.75, 3.05) is 0 Å². The number of hydrogen-bond acceptors (Lipinski definition) is 0. The standard InChI is InChI=1S/3C17H16N.C16H16N.8C2H6/c1-13-7-3-6-10-16(13)17-11-14-8-4-5-9-15(14)12-18(17)2;1-13-7-3-5-9-15(13)17-16-10-6-4-8-14(16)11-12-18(17)2;1-13-7-3-5-9-15(13)17-12-11-14-8-4-6-10-16(14)18(17)2;1-12-6-3-4-8-14(12)16-15-9-5-7-13(15)10-11-17(16)2;8*1-2/h3*3-12H,1-2H3;3-8,10-11H,9H2,1-2H3;8*1-2H3/q4*+1;;;;;;;;. The smallest absolute Gasteiger partial charge is 0.201 e. The highest BCUT2D eigenvalue weighted by atomic mass is 14.9. The lowest BCUT2D eigenvalue weighted by Crippen LogP contribution is -2.32. The summed E-state index contributed by atoms with van der Waals surface area (Å²) in [6.45, 7) is 40.7. The molecule has 12 rings (SSSR count). The van der Waals surface area contributed by atoms with E-state index in [0.717, 1.165) is 6.42 Å². The maximum Gasteiger partial charge on any atom is 0.220 e. The second-order valence-corrected chi connectivity index (χ2v) is 18.7. The fourth-order valence-electron chi connectivity index (χ4n) is 9.96. The van der Waals surface area contributed by atoms with Crippen molar-refractivity contribution < 1.29 is 18.3 Å². The number of fused-ring (bicyclic) bond motifs is 4. The Hall–Kier alpha value is -8.34. The normalized spacial score (nSPS) is 9.75. The third-order valence-electron chi connectivity index (χ3n) is 13.9. The third kappa shape index (κ3) is 21.0. The van der Waals surface area contributed by atoms with Gasteiger partial charge in [-0.2, -0.15) is 4.57 Å². The molecule has 0 radical (unpaired) electrons. The minimum Gasteiger partial charge on any atom is -0.201 e. The molecule has 4 heteroatoms. The number of benzene rings is 7. The van der Waals surface area contributed by atoms with Gasteiger partial charge in [0.25, 0.3) is 0 Å². The van der Waals surface area contributed by atoms with Crippen molar-refractivity contribution in [2.45, 2.75) is 145 Å². The Balaban J connectivity index is 0.000000537. The fourth-order valence-corrected chi connectivity index (χ4v) is 9.96. The summed E-state index contributed by atoms with van der Waals surface area (Å²) in [4.78, 5) is 0. The Morgan fingerprint density at radius 2 is 0.701 bits per heavy atom. The minimum atomic E-state index is 1.05. The molecule has 0 saturated carbocycles. The number of allylic oxidation sites excluding steroid dienone is 1. The van der Waals surface area contributed by atoms with Crippen LogP contribution in [0, 0.1) is 27.7 Å². The zero-order valence-electron chi connectivity index (χ0n) is 58.4. The van der Waals surface area contributed by atoms with Crippen molar-refractivity contribution in [1.82, 2.24) is 0 Å². The molecular formula is C83H112N4+4. The molecule has 0 atom stereocenters. The summed E-state index contributed by atoms with van der Waals surface area (Å²) >= 11 is 0. The lowest BCUT2D eigenvalue weighted by atomic mass is 9.98. The Morgan fingerprint density at radius 3 is 1.22 bits per heavy atom. The Labute approximate surface area is 530 Å². The molecule has 1 aliphatic carbocycles. The highest BCUT2D eigenvalue weighted by molar-refractivity contribution is 5.93. The number of rotatable bonds is 4. The number of para-hydroxylation sites is 1. The number of aryl methyl sites for hydroxylation is 8. The van der Waals surface area contributed by atoms with Gasteiger partial charge in [-0.05, 0) is 121 Å². The van der Waals surface area contributed by atoms with Crippen LogP contribution in [-0.2, 0) is 34.6 Å². The summed E-state index contributed by atoms with van der Waals surface area (Å²) in [7, 11) is 8.47. The van der Waals surface area contributed by atoms with Crippen LogP contribution in [0.25, 0.3) is 83.6 Å². The van der Waals surface area contributed by atoms with Crippen LogP contribution in [0.1, 0.15) is 144 Å². The molecule has 11 aromatic rings. The highest BCUT2D eigenvalue weighted by Gasteiger charge is 2.22. The van der Waals surface area contributed by atoms with Gasteiger partial charge < -0.3 is 0 Å². The van der Waals surface area contributed by atoms with Gasteiger partial charge in [-0.1, -0.05) is 244 Å². The molecule has 0 fully saturated rings. The average molecular weight is 1170 g/mol. The molecule has 0 spiro atoms. The van der Waals surface area contributed by atoms with E-state index in [1.165, 1.54) is 111 Å². The Kier molecular flexibility index (Phi) is 38.2. The molecule has 4 nitrogen and oxygen atoms in total. The molecule has 0 bridgehead atoms. The molecule has 0 saturated heterocycles. The monoisotopic (exact) mass is 1160 g/mol. The third-order valence-corrected chi connectivity index (χ3v) is 13.9. The first kappa shape index (κ1) is 76.7. The van der Waals surface area contributed by atoms with Crippen molar-refractivity contribution in [2.24, 2.45) is 28.2 Å². The Morgan fingerprint density at radius 1 is 0.310 bits per heavy atom. The van der Waals surface area contributed by atoms with Gasteiger partial charge in [-0.3, -0.25) is 0 Å². The SMILES string of the molecule is CC.CC.CC.CC.CC.CC.CC.CC.Cc1ccccc1-c1c2c(cc[n+]1C)C=CC2.Cc1ccccc1-c1c2ccccc2cc[n+]1C.Cc1ccccc1-c1cc2ccccc2c[n+]1C.Cc1ccccc1-c1ccc2ccccc2[n+]1C. The van der Waals surface area contributed by atoms with Crippen LogP contribution < -0.4 is 18.3 Å². The molecular weight excluding hydrogens is 1050 g/mol. The lowest BCUT2D eigenvalue weighted by Gasteiger charge is -2.08. The first-order chi connectivity index (χ1) is 42.6. The van der Waals surface area contributed by atoms with Crippen molar-refractivity contribution in [3.63, 3.8) is 0 Å². The molecule has 460 valence electrons. The van der Waals surface area contributed by atoms with E-state index in [0.29, 0.717) is 0 Å². The van der Waals surface area contributed by atoms with E-state index < -0.39 is 0 Å². The predicted octanol–water partition coefficient (Wildman–Crippen LogP) is 22.2. The largest absolute Gasteiger partial charge is 0.220 e. The van der Waals surface area contributed by atoms with Gasteiger partial charge in [0.2, 0.25) is 28.3 Å². The summed E-state index contributed by atoms with van der Waals surface area (Å²) in [5.74, 6) is 0. The number of aromatic nitrogens is 4. The van der Waals surface area contributed by atoms with E-state index in [9.17, 15) is 0 Å². The molecule has 0 aliphatic heterocycles. The highest BCUT2D eigenvalue weighted by Crippen LogP contribution is 2.31. The molecule has 0 N–H and O–H groups in total. The minimum absolute atomic E-state index is 1.05. The fraction of sp³-hybridized carbons (Fsp3) is 0.301. The van der Waals surface area contributed by atoms with Crippen molar-refractivity contribution in [1.29, 1.82) is 0 Å². The quantitative estimate of drug-likeness (QED) is 0.156. The van der Waals surface area contributed by atoms with Crippen LogP contribution in [0.3, 0.4) is 0 Å². The molecule has 7 aromatic carbocycles. The van der Waals surface area contributed by atoms with Crippen molar-refractivity contribution in [3.8, 4) is 45.0 Å². The van der Waals surface area contributed by atoms with Gasteiger partial charge >= 0.3 is 0 Å². The molecule has 0 amide bonds. The second-order valence-electron chi connectivity index (χ2n) is 18.7. The van der Waals surface area contributed by atoms with Gasteiger partial charge in [-0.25, -0.2) is 13.7 Å². The van der Waals surface area contributed by atoms with Crippen LogP contribution in [0.2, 0.25) is 0 Å². The zero-order valence-corrected chi connectivity index (χ0v) is 58.4. The van der Waals surface area contributed by atoms with Crippen LogP contribution in [-0.4, -0.2) is 0 Å². The first-order valence-electron chi connectivity index (χ1n) is 32.6. The molecule has 0 unspecified atom stereocenters. The molecule has 1 aliphatic rings. The summed E-state index contributed by atoms with van der Waals surface area (Å²) in [5, 5.41) is 6.43. The first-order valence-corrected chi connectivity index (χ1v) is 32.6. The lowest BCUT2D eigenvalue weighted by molar-refractivity contribution is -0.660. The van der Waals surface area contributed by atoms with E-state index in [4.69, 9.17) is 0 Å². The molecule has 4 aromatic heterocycles. The Bertz CT molecular complexity index is 3680. The van der Waals surface area contributed by atoms with E-state index in [1.807, 2.05) is 111 Å². The van der Waals surface area contributed by atoms with E-state index in [-0.39, 0.29) is 0 Å². The number of pyridine rings is 4. The maximum atomic E-state index is 2.26. The zero-order chi connectivity index (χ0) is 65.4. The van der Waals surface area contributed by atoms with Crippen molar-refractivity contribution >= 4 is 38.5 Å². The van der Waals surface area contributed by atoms with Gasteiger partial charge in [-0.15, -0.1) is 0 Å². The molecule has 87 heavy (non-hydrogen) atoms. The maximum absolute atomic E-state index is 2.26. The topological polar surface area (TPSA) is 15.5 Å². The second kappa shape index (κ2) is 43.3. The summed E-state index contributed by atoms with van der Waals surface area (Å²) in [6.07, 6.45) is 12.0. The van der Waals surface area contributed by atoms with E-state index in [1.54, 1.807) is 0 Å². The van der Waals surface area contributed by atoms with E-state index >= 15 is 0 Å². The van der Waals surface area contributed by atoms with Gasteiger partial charge in [0.15, 0.2) is 18.6 Å². The van der Waals surface area contributed by atoms with Crippen molar-refractivity contribution in [3.05, 3.63) is 258 Å². The predicted molar refractivity (Wildman–Crippen MR) is 387 cm³/mol. The average Bonchev–Trinajstić information content (AvgIpc) is 4.22. The molecule has 4 heterocycles. The number of hydrogen-bond donors (Lipinski definition) is 0. The van der Waals surface area contributed by atoms with E-state index in [2.05, 4.69) is 305 Å².